The average Bonchev–Trinajstić information content (AvgIpc) is 2.25. The minimum Gasteiger partial charge on any atom is -0.294 e. The molecule has 0 fully saturated rings. The Kier molecular flexibility index (Phi) is 4.42. The van der Waals surface area contributed by atoms with Crippen LogP contribution in [0, 0.1) is 15.9 Å². The van der Waals surface area contributed by atoms with Crippen molar-refractivity contribution in [1.29, 1.82) is 0 Å². The van der Waals surface area contributed by atoms with Crippen molar-refractivity contribution in [2.24, 2.45) is 0 Å². The van der Waals surface area contributed by atoms with Crippen LogP contribution in [0.4, 0.5) is 10.1 Å². The number of nitro groups is 1. The third-order valence-electron chi connectivity index (χ3n) is 1.99. The van der Waals surface area contributed by atoms with Gasteiger partial charge in [-0.2, -0.15) is 11.8 Å². The molecule has 0 heterocycles. The summed E-state index contributed by atoms with van der Waals surface area (Å²) < 4.78 is 12.9. The van der Waals surface area contributed by atoms with Gasteiger partial charge in [-0.05, 0) is 18.4 Å². The van der Waals surface area contributed by atoms with Crippen LogP contribution in [0.5, 0.6) is 0 Å². The van der Waals surface area contributed by atoms with Crippen molar-refractivity contribution < 1.29 is 14.1 Å². The summed E-state index contributed by atoms with van der Waals surface area (Å²) in [7, 11) is 0. The highest BCUT2D eigenvalue weighted by Gasteiger charge is 2.20. The summed E-state index contributed by atoms with van der Waals surface area (Å²) in [6, 6.07) is 2.91. The number of halogens is 1. The number of ketones is 1. The Morgan fingerprint density at radius 3 is 2.81 bits per heavy atom. The van der Waals surface area contributed by atoms with Crippen LogP contribution in [0.3, 0.4) is 0 Å². The topological polar surface area (TPSA) is 60.2 Å². The zero-order valence-corrected chi connectivity index (χ0v) is 9.42. The lowest BCUT2D eigenvalue weighted by atomic mass is 10.1. The van der Waals surface area contributed by atoms with Crippen molar-refractivity contribution in [2.75, 3.05) is 12.0 Å². The van der Waals surface area contributed by atoms with Gasteiger partial charge in [-0.3, -0.25) is 14.9 Å². The second kappa shape index (κ2) is 5.60. The molecule has 0 spiro atoms. The summed E-state index contributed by atoms with van der Waals surface area (Å²) in [5.74, 6) is -0.481. The Morgan fingerprint density at radius 1 is 1.56 bits per heavy atom. The van der Waals surface area contributed by atoms with Crippen LogP contribution in [-0.4, -0.2) is 22.7 Å². The summed E-state index contributed by atoms with van der Waals surface area (Å²) in [4.78, 5) is 21.6. The van der Waals surface area contributed by atoms with Crippen LogP contribution in [-0.2, 0) is 0 Å². The highest BCUT2D eigenvalue weighted by molar-refractivity contribution is 7.98. The fourth-order valence-corrected chi connectivity index (χ4v) is 1.61. The molecule has 0 aliphatic heterocycles. The van der Waals surface area contributed by atoms with E-state index in [-0.39, 0.29) is 17.7 Å². The van der Waals surface area contributed by atoms with E-state index < -0.39 is 16.5 Å². The third kappa shape index (κ3) is 3.03. The lowest BCUT2D eigenvalue weighted by Crippen LogP contribution is -2.05. The van der Waals surface area contributed by atoms with E-state index >= 15 is 0 Å². The van der Waals surface area contributed by atoms with E-state index in [9.17, 15) is 19.3 Å². The van der Waals surface area contributed by atoms with Crippen LogP contribution in [0.15, 0.2) is 18.2 Å². The average molecular weight is 243 g/mol. The monoisotopic (exact) mass is 243 g/mol. The fraction of sp³-hybridized carbons (Fsp3) is 0.300. The Hall–Kier alpha value is -1.43. The van der Waals surface area contributed by atoms with E-state index in [4.69, 9.17) is 0 Å². The molecule has 6 heteroatoms. The van der Waals surface area contributed by atoms with Crippen molar-refractivity contribution in [3.8, 4) is 0 Å². The van der Waals surface area contributed by atoms with Crippen molar-refractivity contribution in [3.63, 3.8) is 0 Å². The third-order valence-corrected chi connectivity index (χ3v) is 2.60. The Morgan fingerprint density at radius 2 is 2.25 bits per heavy atom. The maximum Gasteiger partial charge on any atom is 0.280 e. The molecule has 0 N–H and O–H groups in total. The molecule has 16 heavy (non-hydrogen) atoms. The van der Waals surface area contributed by atoms with E-state index in [1.54, 1.807) is 0 Å². The van der Waals surface area contributed by atoms with Crippen molar-refractivity contribution in [2.45, 2.75) is 6.42 Å². The van der Waals surface area contributed by atoms with Crippen molar-refractivity contribution in [1.82, 2.24) is 0 Å². The number of carbonyl (C=O) groups is 1. The molecule has 0 radical (unpaired) electrons. The maximum atomic E-state index is 12.9. The Labute approximate surface area is 96.0 Å². The first-order chi connectivity index (χ1) is 7.56. The van der Waals surface area contributed by atoms with Gasteiger partial charge in [0.25, 0.3) is 5.69 Å². The van der Waals surface area contributed by atoms with Gasteiger partial charge in [0.1, 0.15) is 5.82 Å². The normalized spacial score (nSPS) is 10.1. The lowest BCUT2D eigenvalue weighted by molar-refractivity contribution is -0.385. The van der Waals surface area contributed by atoms with Gasteiger partial charge in [0.15, 0.2) is 5.78 Å². The zero-order valence-electron chi connectivity index (χ0n) is 8.60. The fourth-order valence-electron chi connectivity index (χ4n) is 1.22. The van der Waals surface area contributed by atoms with Gasteiger partial charge in [0.05, 0.1) is 10.5 Å². The minimum atomic E-state index is -0.675. The van der Waals surface area contributed by atoms with Crippen LogP contribution in [0.2, 0.25) is 0 Å². The lowest BCUT2D eigenvalue weighted by Gasteiger charge is -2.01. The van der Waals surface area contributed by atoms with Crippen LogP contribution in [0.1, 0.15) is 16.8 Å². The predicted octanol–water partition coefficient (Wildman–Crippen LogP) is 2.67. The van der Waals surface area contributed by atoms with Crippen LogP contribution < -0.4 is 0 Å². The maximum absolute atomic E-state index is 12.9. The molecule has 0 atom stereocenters. The predicted molar refractivity (Wildman–Crippen MR) is 60.4 cm³/mol. The number of Topliss-reactive ketones (excluding diaryl/α,β-unsaturated/α-hetero) is 1. The summed E-state index contributed by atoms with van der Waals surface area (Å²) in [5.41, 5.74) is -0.494. The molecule has 1 rings (SSSR count). The summed E-state index contributed by atoms with van der Waals surface area (Å²) >= 11 is 1.46. The van der Waals surface area contributed by atoms with E-state index in [2.05, 4.69) is 0 Å². The summed E-state index contributed by atoms with van der Waals surface area (Å²) in [6.07, 6.45) is 2.00. The molecule has 0 amide bonds. The molecular formula is C10H10FNO3S. The molecular weight excluding hydrogens is 233 g/mol. The number of hydrogen-bond donors (Lipinski definition) is 0. The summed E-state index contributed by atoms with van der Waals surface area (Å²) in [6.45, 7) is 0. The van der Waals surface area contributed by atoms with Crippen molar-refractivity contribution >= 4 is 23.2 Å². The number of carbonyl (C=O) groups excluding carboxylic acids is 1. The van der Waals surface area contributed by atoms with Crippen LogP contribution >= 0.6 is 11.8 Å². The smallest absolute Gasteiger partial charge is 0.280 e. The SMILES string of the molecule is CSCCC(=O)c1cc(F)ccc1[N+](=O)[O-]. The second-order valence-electron chi connectivity index (χ2n) is 3.08. The highest BCUT2D eigenvalue weighted by atomic mass is 32.2. The van der Waals surface area contributed by atoms with Gasteiger partial charge in [0.2, 0.25) is 0 Å². The minimum absolute atomic E-state index is 0.154. The molecule has 0 unspecified atom stereocenters. The molecule has 1 aromatic rings. The highest BCUT2D eigenvalue weighted by Crippen LogP contribution is 2.21. The van der Waals surface area contributed by atoms with E-state index in [1.807, 2.05) is 6.26 Å². The Bertz CT molecular complexity index is 423. The molecule has 0 aliphatic rings. The molecule has 86 valence electrons. The van der Waals surface area contributed by atoms with E-state index in [0.717, 1.165) is 18.2 Å². The number of hydrogen-bond acceptors (Lipinski definition) is 4. The first-order valence-electron chi connectivity index (χ1n) is 4.52. The largest absolute Gasteiger partial charge is 0.294 e. The number of nitro benzene ring substituents is 1. The first-order valence-corrected chi connectivity index (χ1v) is 5.91. The second-order valence-corrected chi connectivity index (χ2v) is 4.07. The van der Waals surface area contributed by atoms with Gasteiger partial charge >= 0.3 is 0 Å². The summed E-state index contributed by atoms with van der Waals surface area (Å²) in [5, 5.41) is 10.6. The van der Waals surface area contributed by atoms with Crippen LogP contribution in [0.25, 0.3) is 0 Å². The number of benzene rings is 1. The molecule has 4 nitrogen and oxygen atoms in total. The van der Waals surface area contributed by atoms with Gasteiger partial charge in [0, 0.05) is 18.2 Å². The molecule has 0 aliphatic carbocycles. The molecule has 1 aromatic carbocycles. The quantitative estimate of drug-likeness (QED) is 0.453. The number of rotatable bonds is 5. The first kappa shape index (κ1) is 12.6. The standard InChI is InChI=1S/C10H10FNO3S/c1-16-5-4-10(13)8-6-7(11)2-3-9(8)12(14)15/h2-3,6H,4-5H2,1H3. The van der Waals surface area contributed by atoms with Gasteiger partial charge in [-0.25, -0.2) is 4.39 Å². The van der Waals surface area contributed by atoms with Gasteiger partial charge in [-0.1, -0.05) is 0 Å². The van der Waals surface area contributed by atoms with E-state index in [0.29, 0.717) is 5.75 Å². The molecule has 0 saturated carbocycles. The Balaban J connectivity index is 3.04. The molecule has 0 saturated heterocycles. The number of thioether (sulfide) groups is 1. The molecule has 0 bridgehead atoms. The van der Waals surface area contributed by atoms with E-state index in [1.165, 1.54) is 11.8 Å². The number of nitrogens with zero attached hydrogens (tertiary/aromatic N) is 1. The van der Waals surface area contributed by atoms with Crippen molar-refractivity contribution in [3.05, 3.63) is 39.7 Å². The zero-order chi connectivity index (χ0) is 12.1. The molecule has 0 aromatic heterocycles. The van der Waals surface area contributed by atoms with Gasteiger partial charge in [-0.15, -0.1) is 0 Å². The van der Waals surface area contributed by atoms with Gasteiger partial charge < -0.3 is 0 Å².